The maximum absolute atomic E-state index is 13.0. The number of nitrogens with one attached hydrogen (secondary N) is 1. The maximum atomic E-state index is 13.0. The van der Waals surface area contributed by atoms with E-state index in [1.165, 1.54) is 6.07 Å². The molecule has 4 aromatic rings. The number of aryl methyl sites for hydroxylation is 2. The Morgan fingerprint density at radius 2 is 1.84 bits per heavy atom. The van der Waals surface area contributed by atoms with Crippen LogP contribution >= 0.6 is 0 Å². The summed E-state index contributed by atoms with van der Waals surface area (Å²) >= 11 is 0. The summed E-state index contributed by atoms with van der Waals surface area (Å²) in [7, 11) is 2.02. The molecular weight excluding hydrogens is 552 g/mol. The summed E-state index contributed by atoms with van der Waals surface area (Å²) < 4.78 is 53.0. The maximum Gasteiger partial charge on any atom is 0.412 e. The van der Waals surface area contributed by atoms with Gasteiger partial charge in [0.05, 0.1) is 17.6 Å². The molecule has 1 unspecified atom stereocenters. The van der Waals surface area contributed by atoms with E-state index in [-0.39, 0.29) is 22.4 Å². The molecule has 0 aliphatic carbocycles. The van der Waals surface area contributed by atoms with Crippen LogP contribution in [-0.2, 0) is 11.8 Å². The number of rotatable bonds is 6. The Morgan fingerprint density at radius 3 is 2.48 bits per heavy atom. The van der Waals surface area contributed by atoms with Crippen molar-refractivity contribution in [2.24, 2.45) is 7.05 Å². The fraction of sp³-hybridized carbons (Fsp3) is 0.429. The quantitative estimate of drug-likeness (QED) is 0.257. The third-order valence-electron chi connectivity index (χ3n) is 8.32. The average Bonchev–Trinajstić information content (AvgIpc) is 3.35. The third-order valence-corrected chi connectivity index (χ3v) is 8.32. The normalized spacial score (nSPS) is 17.9. The Labute approximate surface area is 268 Å². The Kier molecular flexibility index (Phi) is 6.80. The van der Waals surface area contributed by atoms with Crippen molar-refractivity contribution in [2.45, 2.75) is 65.0 Å². The molecule has 0 radical (unpaired) electrons. The van der Waals surface area contributed by atoms with Gasteiger partial charge in [-0.05, 0) is 114 Å². The van der Waals surface area contributed by atoms with E-state index >= 15 is 0 Å². The Morgan fingerprint density at radius 1 is 1.09 bits per heavy atom. The zero-order valence-corrected chi connectivity index (χ0v) is 26.1. The molecule has 44 heavy (non-hydrogen) atoms. The lowest BCUT2D eigenvalue weighted by Gasteiger charge is -2.37. The van der Waals surface area contributed by atoms with Crippen LogP contribution in [0.15, 0.2) is 54.9 Å². The van der Waals surface area contributed by atoms with Gasteiger partial charge in [0, 0.05) is 63.7 Å². The van der Waals surface area contributed by atoms with Gasteiger partial charge in [-0.1, -0.05) is 6.07 Å². The summed E-state index contributed by atoms with van der Waals surface area (Å²) in [5.74, 6) is -0.803. The number of piperidine rings is 1. The number of hydrogen-bond donors (Lipinski definition) is 1. The average molecular weight is 603 g/mol. The minimum absolute atomic E-state index is 0.00149. The first-order valence-electron chi connectivity index (χ1n) is 17.8. The molecule has 1 atom stereocenters. The molecule has 0 spiro atoms. The van der Waals surface area contributed by atoms with Gasteiger partial charge in [0.2, 0.25) is 0 Å². The number of ether oxygens (including phenoxy) is 1. The highest BCUT2D eigenvalue weighted by Crippen LogP contribution is 2.36. The fourth-order valence-corrected chi connectivity index (χ4v) is 6.09. The monoisotopic (exact) mass is 602 g/mol. The molecule has 1 aliphatic rings. The molecule has 3 aromatic heterocycles. The van der Waals surface area contributed by atoms with Gasteiger partial charge >= 0.3 is 6.09 Å². The van der Waals surface area contributed by atoms with Crippen LogP contribution in [0.4, 0.5) is 10.5 Å². The van der Waals surface area contributed by atoms with E-state index in [4.69, 9.17) is 13.0 Å². The topological polar surface area (TPSA) is 92.6 Å². The van der Waals surface area contributed by atoms with Crippen LogP contribution in [0.5, 0.6) is 0 Å². The lowest BCUT2D eigenvalue weighted by Crippen LogP contribution is -2.35. The smallest absolute Gasteiger partial charge is 0.412 e. The molecule has 1 saturated heterocycles. The van der Waals surface area contributed by atoms with Gasteiger partial charge < -0.3 is 14.2 Å². The fourth-order valence-electron chi connectivity index (χ4n) is 6.09. The van der Waals surface area contributed by atoms with Gasteiger partial charge in [0.25, 0.3) is 5.91 Å². The van der Waals surface area contributed by atoms with Crippen molar-refractivity contribution in [3.63, 3.8) is 0 Å². The number of aromatic nitrogens is 3. The van der Waals surface area contributed by atoms with Crippen molar-refractivity contribution in [3.8, 4) is 11.3 Å². The van der Waals surface area contributed by atoms with Crippen LogP contribution < -0.4 is 5.32 Å². The van der Waals surface area contributed by atoms with Crippen LogP contribution in [0.25, 0.3) is 22.3 Å². The van der Waals surface area contributed by atoms with Crippen LogP contribution in [-0.4, -0.2) is 69.0 Å². The largest absolute Gasteiger partial charge is 0.444 e. The van der Waals surface area contributed by atoms with Gasteiger partial charge in [-0.3, -0.25) is 20.0 Å². The Balaban J connectivity index is 1.28. The first-order chi connectivity index (χ1) is 23.2. The van der Waals surface area contributed by atoms with Gasteiger partial charge in [0.1, 0.15) is 11.2 Å². The summed E-state index contributed by atoms with van der Waals surface area (Å²) in [6.07, 6.45) is 4.61. The number of pyridine rings is 2. The van der Waals surface area contributed by atoms with Crippen molar-refractivity contribution < 1.29 is 22.6 Å². The van der Waals surface area contributed by atoms with E-state index in [1.54, 1.807) is 45.3 Å². The number of amides is 2. The molecule has 9 nitrogen and oxygen atoms in total. The molecule has 1 aromatic carbocycles. The van der Waals surface area contributed by atoms with E-state index < -0.39 is 31.6 Å². The van der Waals surface area contributed by atoms with Crippen molar-refractivity contribution in [3.05, 3.63) is 77.2 Å². The third kappa shape index (κ3) is 6.63. The lowest BCUT2D eigenvalue weighted by atomic mass is 9.85. The van der Waals surface area contributed by atoms with Gasteiger partial charge in [-0.2, -0.15) is 0 Å². The molecule has 1 aliphatic heterocycles. The molecule has 232 valence electrons. The number of hydrogen-bond acceptors (Lipinski definition) is 6. The number of anilines is 1. The SMILES string of the molecule is [2H]C([2H])([2H])N(C(=O)c1ccc(C2CCN(C(C)c3cc4c(-c5ccc(NC(=O)OC(C)(C)C)cn5)ccnc4n3C)CC2)c(C)c1)C([2H])([2H])[2H]. The zero-order valence-electron chi connectivity index (χ0n) is 32.1. The predicted molar refractivity (Wildman–Crippen MR) is 175 cm³/mol. The van der Waals surface area contributed by atoms with E-state index in [9.17, 15) is 9.59 Å². The van der Waals surface area contributed by atoms with E-state index in [0.717, 1.165) is 65.0 Å². The van der Waals surface area contributed by atoms with Crippen LogP contribution in [0.3, 0.4) is 0 Å². The summed E-state index contributed by atoms with van der Waals surface area (Å²) in [5, 5.41) is 3.70. The van der Waals surface area contributed by atoms with Crippen molar-refractivity contribution >= 4 is 28.7 Å². The summed E-state index contributed by atoms with van der Waals surface area (Å²) in [5.41, 5.74) is 5.52. The molecule has 4 heterocycles. The summed E-state index contributed by atoms with van der Waals surface area (Å²) in [6.45, 7) is 4.98. The van der Waals surface area contributed by atoms with Crippen molar-refractivity contribution in [1.82, 2.24) is 24.3 Å². The number of likely N-dealkylation sites (tertiary alicyclic amines) is 1. The second kappa shape index (κ2) is 12.4. The minimum atomic E-state index is -3.09. The minimum Gasteiger partial charge on any atom is -0.444 e. The molecule has 1 fully saturated rings. The molecule has 5 rings (SSSR count). The van der Waals surface area contributed by atoms with Gasteiger partial charge in [-0.25, -0.2) is 9.78 Å². The highest BCUT2D eigenvalue weighted by molar-refractivity contribution is 5.94. The van der Waals surface area contributed by atoms with E-state index in [1.807, 2.05) is 32.2 Å². The number of carbonyl (C=O) groups excluding carboxylic acids is 2. The molecule has 2 amide bonds. The lowest BCUT2D eigenvalue weighted by molar-refractivity contribution is 0.0635. The Hall–Kier alpha value is -4.24. The first-order valence-corrected chi connectivity index (χ1v) is 14.8. The van der Waals surface area contributed by atoms with E-state index in [0.29, 0.717) is 5.69 Å². The van der Waals surface area contributed by atoms with Crippen LogP contribution in [0.1, 0.15) is 87.9 Å². The van der Waals surface area contributed by atoms with Crippen LogP contribution in [0, 0.1) is 6.92 Å². The zero-order chi connectivity index (χ0) is 36.8. The standard InChI is InChI=1S/C35H44N6O3/c1-22-19-25(33(42)39(6)7)9-11-27(22)24-14-17-41(18-15-24)23(2)31-20-29-28(13-16-36-32(29)40(31)8)30-12-10-26(21-37-30)38-34(43)44-35(3,4)5/h9-13,16,19-21,23-24H,14-15,17-18H2,1-8H3,(H,38,43)/i6D3,7D3. The van der Waals surface area contributed by atoms with Crippen molar-refractivity contribution in [1.29, 1.82) is 0 Å². The molecule has 0 bridgehead atoms. The molecule has 9 heteroatoms. The van der Waals surface area contributed by atoms with E-state index in [2.05, 4.69) is 37.7 Å². The highest BCUT2D eigenvalue weighted by Gasteiger charge is 2.28. The molecule has 1 N–H and O–H groups in total. The summed E-state index contributed by atoms with van der Waals surface area (Å²) in [6, 6.07) is 12.8. The Bertz CT molecular complexity index is 1860. The number of benzene rings is 1. The van der Waals surface area contributed by atoms with Gasteiger partial charge in [-0.15, -0.1) is 0 Å². The van der Waals surface area contributed by atoms with Gasteiger partial charge in [0.15, 0.2) is 0 Å². The summed E-state index contributed by atoms with van der Waals surface area (Å²) in [4.78, 5) is 36.9. The highest BCUT2D eigenvalue weighted by atomic mass is 16.6. The van der Waals surface area contributed by atoms with Crippen molar-refractivity contribution in [2.75, 3.05) is 32.4 Å². The number of nitrogens with zero attached hydrogens (tertiary/aromatic N) is 5. The molecule has 0 saturated carbocycles. The molecular formula is C35H44N6O3. The second-order valence-corrected chi connectivity index (χ2v) is 12.5. The predicted octanol–water partition coefficient (Wildman–Crippen LogP) is 6.93. The number of carbonyl (C=O) groups is 2. The van der Waals surface area contributed by atoms with Crippen LogP contribution in [0.2, 0.25) is 0 Å². The second-order valence-electron chi connectivity index (χ2n) is 12.5. The first kappa shape index (κ1) is 24.1. The number of fused-ring (bicyclic) bond motifs is 1.